The molecule has 78 valence electrons. The molecule has 1 aromatic rings. The summed E-state index contributed by atoms with van der Waals surface area (Å²) >= 11 is 0. The van der Waals surface area contributed by atoms with E-state index < -0.39 is 11.8 Å². The molecule has 0 fully saturated rings. The summed E-state index contributed by atoms with van der Waals surface area (Å²) in [6, 6.07) is 3.58. The predicted molar refractivity (Wildman–Crippen MR) is 52.3 cm³/mol. The molecule has 0 amide bonds. The Morgan fingerprint density at radius 1 is 1.60 bits per heavy atom. The lowest BCUT2D eigenvalue weighted by molar-refractivity contribution is 0.0692. The first kappa shape index (κ1) is 11.1. The van der Waals surface area contributed by atoms with E-state index in [-0.39, 0.29) is 17.9 Å². The molecule has 0 saturated carbocycles. The van der Waals surface area contributed by atoms with E-state index in [4.69, 9.17) is 16.3 Å². The van der Waals surface area contributed by atoms with Crippen LogP contribution in [0.4, 0.5) is 4.39 Å². The molecule has 0 aromatic heterocycles. The van der Waals surface area contributed by atoms with Crippen LogP contribution >= 0.6 is 0 Å². The Hall–Kier alpha value is -2.02. The molecule has 0 aliphatic rings. The van der Waals surface area contributed by atoms with Gasteiger partial charge in [0.05, 0.1) is 12.2 Å². The lowest BCUT2D eigenvalue weighted by Gasteiger charge is -2.04. The average molecular weight is 208 g/mol. The van der Waals surface area contributed by atoms with E-state index in [0.717, 1.165) is 12.1 Å². The van der Waals surface area contributed by atoms with Crippen LogP contribution in [0.25, 0.3) is 0 Å². The summed E-state index contributed by atoms with van der Waals surface area (Å²) in [6.07, 6.45) is 5.42. The van der Waals surface area contributed by atoms with Crippen molar-refractivity contribution in [3.05, 3.63) is 29.6 Å². The highest BCUT2D eigenvalue weighted by molar-refractivity contribution is 5.88. The maximum atomic E-state index is 13.1. The van der Waals surface area contributed by atoms with Gasteiger partial charge in [0.1, 0.15) is 11.6 Å². The standard InChI is InChI=1S/C11H9FO3/c1-2-3-6-15-8-4-5-9(11(13)14)10(12)7-8/h1,4-5,7H,3,6H2,(H,13,14). The van der Waals surface area contributed by atoms with Gasteiger partial charge in [0.2, 0.25) is 0 Å². The van der Waals surface area contributed by atoms with Crippen LogP contribution in [0.5, 0.6) is 5.75 Å². The van der Waals surface area contributed by atoms with Gasteiger partial charge in [-0.2, -0.15) is 0 Å². The van der Waals surface area contributed by atoms with Crippen LogP contribution in [0, 0.1) is 18.2 Å². The summed E-state index contributed by atoms with van der Waals surface area (Å²) in [7, 11) is 0. The van der Waals surface area contributed by atoms with Crippen LogP contribution in [-0.2, 0) is 0 Å². The van der Waals surface area contributed by atoms with Crippen molar-refractivity contribution in [2.75, 3.05) is 6.61 Å². The molecule has 0 heterocycles. The van der Waals surface area contributed by atoms with E-state index in [1.807, 2.05) is 0 Å². The third kappa shape index (κ3) is 2.99. The molecule has 1 N–H and O–H groups in total. The Bertz CT molecular complexity index is 407. The minimum absolute atomic E-state index is 0.271. The number of terminal acetylenes is 1. The molecule has 0 aliphatic carbocycles. The molecule has 0 atom stereocenters. The van der Waals surface area contributed by atoms with E-state index in [0.29, 0.717) is 6.42 Å². The maximum Gasteiger partial charge on any atom is 0.338 e. The van der Waals surface area contributed by atoms with Crippen LogP contribution in [0.1, 0.15) is 16.8 Å². The highest BCUT2D eigenvalue weighted by Crippen LogP contribution is 2.16. The Balaban J connectivity index is 2.74. The zero-order chi connectivity index (χ0) is 11.3. The summed E-state index contributed by atoms with van der Waals surface area (Å²) in [5, 5.41) is 8.56. The van der Waals surface area contributed by atoms with Gasteiger partial charge in [0, 0.05) is 12.5 Å². The third-order valence-electron chi connectivity index (χ3n) is 1.69. The maximum absolute atomic E-state index is 13.1. The highest BCUT2D eigenvalue weighted by Gasteiger charge is 2.10. The minimum atomic E-state index is -1.30. The minimum Gasteiger partial charge on any atom is -0.492 e. The Morgan fingerprint density at radius 3 is 2.87 bits per heavy atom. The molecule has 0 aliphatic heterocycles. The third-order valence-corrected chi connectivity index (χ3v) is 1.69. The van der Waals surface area contributed by atoms with Gasteiger partial charge in [-0.1, -0.05) is 0 Å². The monoisotopic (exact) mass is 208 g/mol. The number of carboxylic acids is 1. The summed E-state index contributed by atoms with van der Waals surface area (Å²) in [5.41, 5.74) is -0.376. The number of hydrogen-bond acceptors (Lipinski definition) is 2. The van der Waals surface area contributed by atoms with Gasteiger partial charge in [-0.3, -0.25) is 0 Å². The fourth-order valence-corrected chi connectivity index (χ4v) is 0.987. The predicted octanol–water partition coefficient (Wildman–Crippen LogP) is 1.93. The van der Waals surface area contributed by atoms with Crippen molar-refractivity contribution in [1.82, 2.24) is 0 Å². The quantitative estimate of drug-likeness (QED) is 0.607. The average Bonchev–Trinajstić information content (AvgIpc) is 2.17. The molecule has 0 spiro atoms. The molecule has 15 heavy (non-hydrogen) atoms. The van der Waals surface area contributed by atoms with E-state index in [1.54, 1.807) is 0 Å². The number of carbonyl (C=O) groups is 1. The van der Waals surface area contributed by atoms with E-state index >= 15 is 0 Å². The van der Waals surface area contributed by atoms with E-state index in [1.165, 1.54) is 6.07 Å². The topological polar surface area (TPSA) is 46.5 Å². The summed E-state index contributed by atoms with van der Waals surface area (Å²) in [6.45, 7) is 0.280. The van der Waals surface area contributed by atoms with Crippen LogP contribution in [0.2, 0.25) is 0 Å². The zero-order valence-corrected chi connectivity index (χ0v) is 7.87. The summed E-state index contributed by atoms with van der Waals surface area (Å²) in [5.74, 6) is 0.519. The second-order valence-corrected chi connectivity index (χ2v) is 2.75. The first-order valence-corrected chi connectivity index (χ1v) is 4.24. The van der Waals surface area contributed by atoms with Gasteiger partial charge in [-0.25, -0.2) is 9.18 Å². The van der Waals surface area contributed by atoms with Gasteiger partial charge in [0.25, 0.3) is 0 Å². The molecule has 1 aromatic carbocycles. The van der Waals surface area contributed by atoms with Crippen molar-refractivity contribution in [3.63, 3.8) is 0 Å². The zero-order valence-electron chi connectivity index (χ0n) is 7.87. The molecule has 0 radical (unpaired) electrons. The van der Waals surface area contributed by atoms with Crippen LogP contribution in [0.15, 0.2) is 18.2 Å². The smallest absolute Gasteiger partial charge is 0.338 e. The molecular weight excluding hydrogens is 199 g/mol. The number of halogens is 1. The number of rotatable bonds is 4. The number of ether oxygens (including phenoxy) is 1. The second kappa shape index (κ2) is 5.01. The Morgan fingerprint density at radius 2 is 2.33 bits per heavy atom. The largest absolute Gasteiger partial charge is 0.492 e. The van der Waals surface area contributed by atoms with Crippen molar-refractivity contribution in [3.8, 4) is 18.1 Å². The van der Waals surface area contributed by atoms with Gasteiger partial charge in [-0.15, -0.1) is 12.3 Å². The van der Waals surface area contributed by atoms with E-state index in [2.05, 4.69) is 5.92 Å². The van der Waals surface area contributed by atoms with Crippen molar-refractivity contribution in [2.45, 2.75) is 6.42 Å². The van der Waals surface area contributed by atoms with Crippen molar-refractivity contribution >= 4 is 5.97 Å². The SMILES string of the molecule is C#CCCOc1ccc(C(=O)O)c(F)c1. The molecule has 0 unspecified atom stereocenters. The van der Waals surface area contributed by atoms with Crippen molar-refractivity contribution in [1.29, 1.82) is 0 Å². The summed E-state index contributed by atoms with van der Waals surface area (Å²) in [4.78, 5) is 10.5. The van der Waals surface area contributed by atoms with Crippen LogP contribution in [-0.4, -0.2) is 17.7 Å². The molecule has 0 bridgehead atoms. The fourth-order valence-electron chi connectivity index (χ4n) is 0.987. The fraction of sp³-hybridized carbons (Fsp3) is 0.182. The van der Waals surface area contributed by atoms with Gasteiger partial charge in [-0.05, 0) is 12.1 Å². The molecular formula is C11H9FO3. The highest BCUT2D eigenvalue weighted by atomic mass is 19.1. The first-order chi connectivity index (χ1) is 7.15. The lowest BCUT2D eigenvalue weighted by Crippen LogP contribution is -2.02. The number of hydrogen-bond donors (Lipinski definition) is 1. The molecule has 4 heteroatoms. The molecule has 0 saturated heterocycles. The summed E-state index contributed by atoms with van der Waals surface area (Å²) < 4.78 is 18.2. The van der Waals surface area contributed by atoms with Crippen LogP contribution in [0.3, 0.4) is 0 Å². The number of aromatic carboxylic acids is 1. The van der Waals surface area contributed by atoms with Crippen molar-refractivity contribution in [2.24, 2.45) is 0 Å². The van der Waals surface area contributed by atoms with Crippen molar-refractivity contribution < 1.29 is 19.0 Å². The first-order valence-electron chi connectivity index (χ1n) is 4.24. The van der Waals surface area contributed by atoms with Gasteiger partial charge < -0.3 is 9.84 Å². The second-order valence-electron chi connectivity index (χ2n) is 2.75. The number of benzene rings is 1. The van der Waals surface area contributed by atoms with Gasteiger partial charge >= 0.3 is 5.97 Å². The normalized spacial score (nSPS) is 9.33. The van der Waals surface area contributed by atoms with Crippen LogP contribution < -0.4 is 4.74 Å². The Labute approximate surface area is 86.5 Å². The molecule has 3 nitrogen and oxygen atoms in total. The Kier molecular flexibility index (Phi) is 3.69. The molecule has 1 rings (SSSR count). The lowest BCUT2D eigenvalue weighted by atomic mass is 10.2. The van der Waals surface area contributed by atoms with Gasteiger partial charge in [0.15, 0.2) is 0 Å². The number of carboxylic acid groups (broad SMARTS) is 1. The van der Waals surface area contributed by atoms with E-state index in [9.17, 15) is 9.18 Å².